The first-order valence-corrected chi connectivity index (χ1v) is 17.4. The van der Waals surface area contributed by atoms with Gasteiger partial charge in [0.2, 0.25) is 0 Å². The minimum atomic E-state index is -2.69. The van der Waals surface area contributed by atoms with Gasteiger partial charge in [0, 0.05) is 0 Å². The van der Waals surface area contributed by atoms with Crippen molar-refractivity contribution in [1.29, 1.82) is 0 Å². The molecule has 39 heavy (non-hydrogen) atoms. The molecule has 0 saturated heterocycles. The van der Waals surface area contributed by atoms with E-state index in [1.165, 1.54) is 9.81 Å². The Balaban J connectivity index is 1.35. The molecule has 0 amide bonds. The quantitative estimate of drug-likeness (QED) is 0.115. The maximum absolute atomic E-state index is 12.5. The first-order valence-electron chi connectivity index (χ1n) is 12.2. The summed E-state index contributed by atoms with van der Waals surface area (Å²) < 4.78 is 14.9. The van der Waals surface area contributed by atoms with E-state index in [1.807, 2.05) is 66.7 Å². The Morgan fingerprint density at radius 1 is 0.462 bits per heavy atom. The van der Waals surface area contributed by atoms with E-state index < -0.39 is 33.7 Å². The van der Waals surface area contributed by atoms with Gasteiger partial charge in [-0.1, -0.05) is 0 Å². The van der Waals surface area contributed by atoms with Gasteiger partial charge in [0.05, 0.1) is 0 Å². The Bertz CT molecular complexity index is 1470. The molecular weight excluding hydrogens is 685 g/mol. The summed E-state index contributed by atoms with van der Waals surface area (Å²) >= 11 is -2.69. The zero-order chi connectivity index (χ0) is 27.2. The molecule has 0 atom stereocenters. The molecular formula is C32H25BiN2O4. The van der Waals surface area contributed by atoms with E-state index in [-0.39, 0.29) is 0 Å². The van der Waals surface area contributed by atoms with Gasteiger partial charge in [-0.15, -0.1) is 0 Å². The van der Waals surface area contributed by atoms with E-state index in [4.69, 9.17) is 20.9 Å². The second-order valence-electron chi connectivity index (χ2n) is 8.68. The van der Waals surface area contributed by atoms with Crippen LogP contribution in [-0.4, -0.2) is 33.7 Å². The average molecular weight is 711 g/mol. The first kappa shape index (κ1) is 26.1. The van der Waals surface area contributed by atoms with E-state index >= 15 is 0 Å². The summed E-state index contributed by atoms with van der Waals surface area (Å²) in [6, 6.07) is 39.1. The SMILES string of the molecule is Nc1ccc(C(=O)Oc2cc[c]([Bi]([c]3ccccc3)[c]3ccc(OC(=O)c4ccc(N)cc4)cc3)cc2)cc1. The number of esters is 2. The number of anilines is 2. The third kappa shape index (κ3) is 6.51. The molecule has 6 nitrogen and oxygen atoms in total. The molecule has 0 aliphatic carbocycles. The van der Waals surface area contributed by atoms with E-state index in [9.17, 15) is 9.59 Å². The van der Waals surface area contributed by atoms with Crippen LogP contribution >= 0.6 is 0 Å². The molecule has 192 valence electrons. The fourth-order valence-electron chi connectivity index (χ4n) is 3.92. The molecule has 5 aromatic rings. The predicted octanol–water partition coefficient (Wildman–Crippen LogP) is 3.81. The Kier molecular flexibility index (Phi) is 8.00. The molecule has 4 N–H and O–H groups in total. The average Bonchev–Trinajstić information content (AvgIpc) is 2.96. The van der Waals surface area contributed by atoms with Crippen molar-refractivity contribution in [2.45, 2.75) is 0 Å². The van der Waals surface area contributed by atoms with Crippen LogP contribution in [0.15, 0.2) is 127 Å². The molecule has 0 spiro atoms. The van der Waals surface area contributed by atoms with Gasteiger partial charge in [-0.05, 0) is 0 Å². The maximum atomic E-state index is 12.5. The van der Waals surface area contributed by atoms with Gasteiger partial charge in [-0.2, -0.15) is 0 Å². The number of nitrogen functional groups attached to an aromatic ring is 2. The van der Waals surface area contributed by atoms with Crippen molar-refractivity contribution in [3.63, 3.8) is 0 Å². The van der Waals surface area contributed by atoms with Gasteiger partial charge in [0.15, 0.2) is 0 Å². The zero-order valence-electron chi connectivity index (χ0n) is 20.9. The number of benzene rings is 5. The van der Waals surface area contributed by atoms with Gasteiger partial charge in [-0.25, -0.2) is 0 Å². The first-order chi connectivity index (χ1) is 19.0. The minimum absolute atomic E-state index is 0.436. The summed E-state index contributed by atoms with van der Waals surface area (Å²) in [7, 11) is 0. The van der Waals surface area contributed by atoms with E-state index in [2.05, 4.69) is 12.1 Å². The number of ether oxygens (including phenoxy) is 2. The normalized spacial score (nSPS) is 10.7. The Morgan fingerprint density at radius 3 is 1.21 bits per heavy atom. The fraction of sp³-hybridized carbons (Fsp3) is 0. The van der Waals surface area contributed by atoms with Crippen LogP contribution in [0.25, 0.3) is 0 Å². The van der Waals surface area contributed by atoms with Gasteiger partial charge in [-0.3, -0.25) is 0 Å². The van der Waals surface area contributed by atoms with Crippen LogP contribution < -0.4 is 30.8 Å². The molecule has 0 unspecified atom stereocenters. The Hall–Kier alpha value is -4.48. The molecule has 7 heteroatoms. The summed E-state index contributed by atoms with van der Waals surface area (Å²) in [6.07, 6.45) is 0. The van der Waals surface area contributed by atoms with Gasteiger partial charge < -0.3 is 0 Å². The van der Waals surface area contributed by atoms with Crippen LogP contribution in [0.1, 0.15) is 20.7 Å². The van der Waals surface area contributed by atoms with Crippen molar-refractivity contribution in [3.8, 4) is 11.5 Å². The number of nitrogens with two attached hydrogens (primary N) is 2. The molecule has 0 radical (unpaired) electrons. The monoisotopic (exact) mass is 710 g/mol. The zero-order valence-corrected chi connectivity index (χ0v) is 24.3. The number of carbonyl (C=O) groups excluding carboxylic acids is 2. The molecule has 0 aliphatic heterocycles. The topological polar surface area (TPSA) is 105 Å². The van der Waals surface area contributed by atoms with Crippen molar-refractivity contribution in [2.75, 3.05) is 11.5 Å². The van der Waals surface area contributed by atoms with Crippen LogP contribution in [-0.2, 0) is 0 Å². The number of rotatable bonds is 7. The summed E-state index contributed by atoms with van der Waals surface area (Å²) in [5.41, 5.74) is 13.5. The molecule has 0 aliphatic rings. The summed E-state index contributed by atoms with van der Waals surface area (Å²) in [4.78, 5) is 25.0. The molecule has 0 bridgehead atoms. The third-order valence-corrected chi connectivity index (χ3v) is 15.4. The standard InChI is InChI=1S/2C13H10NO2.C6H5.Bi/c2*14-11-8-6-10(7-9-11)13(15)16-12-4-2-1-3-5-12;1-2-4-6-5-3-1;/h2*2-9H,14H2;1-5H;. The van der Waals surface area contributed by atoms with Crippen LogP contribution in [0.2, 0.25) is 0 Å². The molecule has 0 heterocycles. The molecule has 0 fully saturated rings. The Morgan fingerprint density at radius 2 is 0.821 bits per heavy atom. The van der Waals surface area contributed by atoms with E-state index in [0.29, 0.717) is 34.0 Å². The van der Waals surface area contributed by atoms with Crippen molar-refractivity contribution in [3.05, 3.63) is 139 Å². The van der Waals surface area contributed by atoms with Crippen molar-refractivity contribution in [2.24, 2.45) is 0 Å². The van der Waals surface area contributed by atoms with E-state index in [0.717, 1.165) is 0 Å². The molecule has 5 rings (SSSR count). The predicted molar refractivity (Wildman–Crippen MR) is 156 cm³/mol. The van der Waals surface area contributed by atoms with Crippen LogP contribution in [0.3, 0.4) is 0 Å². The number of carbonyl (C=O) groups is 2. The Labute approximate surface area is 234 Å². The second kappa shape index (κ2) is 11.9. The number of hydrogen-bond donors (Lipinski definition) is 2. The summed E-state index contributed by atoms with van der Waals surface area (Å²) in [6.45, 7) is 0. The van der Waals surface area contributed by atoms with Gasteiger partial charge in [0.25, 0.3) is 0 Å². The van der Waals surface area contributed by atoms with Crippen LogP contribution in [0.4, 0.5) is 11.4 Å². The van der Waals surface area contributed by atoms with Crippen molar-refractivity contribution in [1.82, 2.24) is 0 Å². The summed E-state index contributed by atoms with van der Waals surface area (Å²) in [5.74, 6) is 0.0777. The fourth-order valence-corrected chi connectivity index (χ4v) is 12.7. The molecule has 0 saturated carbocycles. The van der Waals surface area contributed by atoms with Gasteiger partial charge >= 0.3 is 235 Å². The number of hydrogen-bond acceptors (Lipinski definition) is 6. The van der Waals surface area contributed by atoms with Crippen LogP contribution in [0, 0.1) is 0 Å². The van der Waals surface area contributed by atoms with Crippen LogP contribution in [0.5, 0.6) is 11.5 Å². The molecule has 5 aromatic carbocycles. The molecule has 0 aromatic heterocycles. The van der Waals surface area contributed by atoms with E-state index in [1.54, 1.807) is 48.5 Å². The van der Waals surface area contributed by atoms with Crippen molar-refractivity contribution >= 4 is 54.9 Å². The van der Waals surface area contributed by atoms with Gasteiger partial charge in [0.1, 0.15) is 0 Å². The summed E-state index contributed by atoms with van der Waals surface area (Å²) in [5, 5.41) is 0. The third-order valence-electron chi connectivity index (χ3n) is 5.92. The van der Waals surface area contributed by atoms with Crippen molar-refractivity contribution < 1.29 is 19.1 Å². The second-order valence-corrected chi connectivity index (χ2v) is 17.3.